The van der Waals surface area contributed by atoms with Crippen molar-refractivity contribution in [1.29, 1.82) is 0 Å². The Labute approximate surface area is 222 Å². The number of nitrogens with zero attached hydrogens (tertiary/aromatic N) is 1. The Bertz CT molecular complexity index is 1600. The fourth-order valence-corrected chi connectivity index (χ4v) is 5.12. The van der Waals surface area contributed by atoms with E-state index in [1.807, 2.05) is 77.7 Å². The largest absolute Gasteiger partial charge is 0.385 e. The Hall–Kier alpha value is -4.90. The van der Waals surface area contributed by atoms with Crippen LogP contribution in [0.25, 0.3) is 16.7 Å². The summed E-state index contributed by atoms with van der Waals surface area (Å²) in [4.78, 5) is 28.6. The third kappa shape index (κ3) is 4.39. The van der Waals surface area contributed by atoms with Crippen LogP contribution in [0.2, 0.25) is 0 Å². The summed E-state index contributed by atoms with van der Waals surface area (Å²) in [6.07, 6.45) is 2.16. The van der Waals surface area contributed by atoms with E-state index in [2.05, 4.69) is 29.7 Å². The van der Waals surface area contributed by atoms with Crippen molar-refractivity contribution in [1.82, 2.24) is 5.32 Å². The number of allylic oxidation sites excluding steroid dienone is 3. The highest BCUT2D eigenvalue weighted by Gasteiger charge is 2.29. The SMILES string of the molecule is CC1=CC2=C(CN1)CN(C(=O)c1ccc(NC(=O)c3ccccc3-c3ccccc3)cc1)c1ccccc12. The van der Waals surface area contributed by atoms with Crippen LogP contribution < -0.4 is 15.5 Å². The summed E-state index contributed by atoms with van der Waals surface area (Å²) < 4.78 is 0. The van der Waals surface area contributed by atoms with Gasteiger partial charge in [0.15, 0.2) is 0 Å². The van der Waals surface area contributed by atoms with Crippen molar-refractivity contribution in [2.45, 2.75) is 6.92 Å². The molecule has 0 spiro atoms. The number of carbonyl (C=O) groups excluding carboxylic acids is 2. The summed E-state index contributed by atoms with van der Waals surface area (Å²) in [5.41, 5.74) is 9.17. The summed E-state index contributed by atoms with van der Waals surface area (Å²) in [7, 11) is 0. The molecule has 2 aliphatic rings. The first-order chi connectivity index (χ1) is 18.6. The van der Waals surface area contributed by atoms with E-state index < -0.39 is 0 Å². The maximum Gasteiger partial charge on any atom is 0.258 e. The van der Waals surface area contributed by atoms with E-state index in [9.17, 15) is 9.59 Å². The summed E-state index contributed by atoms with van der Waals surface area (Å²) in [5.74, 6) is -0.260. The molecular formula is C33H27N3O2. The normalized spacial score (nSPS) is 14.1. The Balaban J connectivity index is 1.23. The highest BCUT2D eigenvalue weighted by atomic mass is 16.2. The molecule has 2 amide bonds. The van der Waals surface area contributed by atoms with Crippen LogP contribution in [-0.2, 0) is 0 Å². The second-order valence-electron chi connectivity index (χ2n) is 9.55. The van der Waals surface area contributed by atoms with Crippen LogP contribution in [0.5, 0.6) is 0 Å². The van der Waals surface area contributed by atoms with Crippen molar-refractivity contribution in [2.24, 2.45) is 0 Å². The smallest absolute Gasteiger partial charge is 0.258 e. The topological polar surface area (TPSA) is 61.4 Å². The number of anilines is 2. The van der Waals surface area contributed by atoms with Gasteiger partial charge in [-0.2, -0.15) is 0 Å². The van der Waals surface area contributed by atoms with Crippen molar-refractivity contribution in [2.75, 3.05) is 23.3 Å². The summed E-state index contributed by atoms with van der Waals surface area (Å²) in [5, 5.41) is 6.37. The maximum absolute atomic E-state index is 13.6. The Morgan fingerprint density at radius 3 is 2.26 bits per heavy atom. The molecule has 5 heteroatoms. The second-order valence-corrected chi connectivity index (χ2v) is 9.55. The van der Waals surface area contributed by atoms with E-state index >= 15 is 0 Å². The van der Waals surface area contributed by atoms with Gasteiger partial charge >= 0.3 is 0 Å². The maximum atomic E-state index is 13.6. The number of hydrogen-bond donors (Lipinski definition) is 2. The van der Waals surface area contributed by atoms with Gasteiger partial charge in [-0.15, -0.1) is 0 Å². The predicted molar refractivity (Wildman–Crippen MR) is 153 cm³/mol. The molecule has 4 aromatic carbocycles. The van der Waals surface area contributed by atoms with Gasteiger partial charge in [0.25, 0.3) is 11.8 Å². The number of amides is 2. The number of dihydropyridines is 1. The first kappa shape index (κ1) is 23.5. The molecule has 6 rings (SSSR count). The molecule has 0 bridgehead atoms. The third-order valence-electron chi connectivity index (χ3n) is 7.05. The summed E-state index contributed by atoms with van der Waals surface area (Å²) in [6.45, 7) is 3.33. The molecule has 2 aliphatic heterocycles. The Morgan fingerprint density at radius 1 is 0.789 bits per heavy atom. The molecule has 0 fully saturated rings. The molecule has 186 valence electrons. The van der Waals surface area contributed by atoms with Gasteiger partial charge in [0, 0.05) is 41.2 Å². The molecule has 0 aliphatic carbocycles. The van der Waals surface area contributed by atoms with Crippen LogP contribution in [-0.4, -0.2) is 24.9 Å². The monoisotopic (exact) mass is 497 g/mol. The molecule has 2 heterocycles. The standard InChI is InChI=1S/C33H27N3O2/c1-22-19-30-25(20-34-22)21-36(31-14-8-7-12-28(30)31)33(38)24-15-17-26(18-16-24)35-32(37)29-13-6-5-11-27(29)23-9-3-2-4-10-23/h2-19,34H,20-21H2,1H3,(H,35,37). The molecule has 0 aromatic heterocycles. The van der Waals surface area contributed by atoms with Crippen molar-refractivity contribution in [3.63, 3.8) is 0 Å². The zero-order valence-electron chi connectivity index (χ0n) is 21.1. The highest BCUT2D eigenvalue weighted by molar-refractivity contribution is 6.11. The van der Waals surface area contributed by atoms with E-state index in [1.54, 1.807) is 24.3 Å². The van der Waals surface area contributed by atoms with Gasteiger partial charge in [0.2, 0.25) is 0 Å². The third-order valence-corrected chi connectivity index (χ3v) is 7.05. The lowest BCUT2D eigenvalue weighted by molar-refractivity contribution is 0.0987. The minimum atomic E-state index is -0.193. The first-order valence-electron chi connectivity index (χ1n) is 12.7. The molecule has 5 nitrogen and oxygen atoms in total. The van der Waals surface area contributed by atoms with Gasteiger partial charge in [-0.05, 0) is 71.7 Å². The molecule has 0 atom stereocenters. The lowest BCUT2D eigenvalue weighted by atomic mass is 9.90. The Morgan fingerprint density at radius 2 is 1.47 bits per heavy atom. The van der Waals surface area contributed by atoms with Crippen LogP contribution in [0.4, 0.5) is 11.4 Å². The van der Waals surface area contributed by atoms with E-state index in [0.717, 1.165) is 34.6 Å². The zero-order chi connectivity index (χ0) is 26.1. The molecule has 0 unspecified atom stereocenters. The molecule has 2 N–H and O–H groups in total. The number of benzene rings is 4. The number of carbonyl (C=O) groups is 2. The number of fused-ring (bicyclic) bond motifs is 2. The van der Waals surface area contributed by atoms with Gasteiger partial charge in [-0.25, -0.2) is 0 Å². The second kappa shape index (κ2) is 9.87. The highest BCUT2D eigenvalue weighted by Crippen LogP contribution is 2.38. The van der Waals surface area contributed by atoms with Gasteiger partial charge in [0.05, 0.1) is 5.69 Å². The Kier molecular flexibility index (Phi) is 6.10. The van der Waals surface area contributed by atoms with Crippen LogP contribution in [0, 0.1) is 0 Å². The first-order valence-corrected chi connectivity index (χ1v) is 12.7. The fraction of sp³-hybridized carbons (Fsp3) is 0.0909. The van der Waals surface area contributed by atoms with Crippen molar-refractivity contribution in [3.05, 3.63) is 137 Å². The van der Waals surface area contributed by atoms with E-state index in [1.165, 1.54) is 11.1 Å². The van der Waals surface area contributed by atoms with Crippen LogP contribution in [0.3, 0.4) is 0 Å². The van der Waals surface area contributed by atoms with Crippen molar-refractivity contribution < 1.29 is 9.59 Å². The van der Waals surface area contributed by atoms with Gasteiger partial charge in [-0.3, -0.25) is 9.59 Å². The lowest BCUT2D eigenvalue weighted by Gasteiger charge is -2.34. The summed E-state index contributed by atoms with van der Waals surface area (Å²) >= 11 is 0. The quantitative estimate of drug-likeness (QED) is 0.337. The van der Waals surface area contributed by atoms with E-state index in [4.69, 9.17) is 0 Å². The molecule has 38 heavy (non-hydrogen) atoms. The minimum absolute atomic E-state index is 0.0671. The van der Waals surface area contributed by atoms with Gasteiger partial charge in [-0.1, -0.05) is 66.7 Å². The average Bonchev–Trinajstić information content (AvgIpc) is 2.97. The number of rotatable bonds is 4. The lowest BCUT2D eigenvalue weighted by Crippen LogP contribution is -2.39. The average molecular weight is 498 g/mol. The van der Waals surface area contributed by atoms with Crippen LogP contribution in [0.1, 0.15) is 33.2 Å². The predicted octanol–water partition coefficient (Wildman–Crippen LogP) is 6.53. The van der Waals surface area contributed by atoms with Crippen LogP contribution >= 0.6 is 0 Å². The minimum Gasteiger partial charge on any atom is -0.385 e. The molecule has 0 saturated heterocycles. The molecule has 0 saturated carbocycles. The molecule has 4 aromatic rings. The van der Waals surface area contributed by atoms with Gasteiger partial charge < -0.3 is 15.5 Å². The van der Waals surface area contributed by atoms with Crippen LogP contribution in [0.15, 0.2) is 120 Å². The molecular weight excluding hydrogens is 470 g/mol. The fourth-order valence-electron chi connectivity index (χ4n) is 5.12. The number of para-hydroxylation sites is 1. The summed E-state index contributed by atoms with van der Waals surface area (Å²) in [6, 6.07) is 32.6. The van der Waals surface area contributed by atoms with E-state index in [0.29, 0.717) is 23.4 Å². The van der Waals surface area contributed by atoms with Crippen molar-refractivity contribution >= 4 is 28.8 Å². The molecule has 0 radical (unpaired) electrons. The number of nitrogens with one attached hydrogen (secondary N) is 2. The van der Waals surface area contributed by atoms with E-state index in [-0.39, 0.29) is 11.8 Å². The van der Waals surface area contributed by atoms with Crippen molar-refractivity contribution in [3.8, 4) is 11.1 Å². The zero-order valence-corrected chi connectivity index (χ0v) is 21.1. The number of hydrogen-bond acceptors (Lipinski definition) is 3. The van der Waals surface area contributed by atoms with Gasteiger partial charge in [0.1, 0.15) is 0 Å².